The predicted octanol–water partition coefficient (Wildman–Crippen LogP) is 4.75. The van der Waals surface area contributed by atoms with Crippen LogP contribution >= 0.6 is 11.3 Å². The highest BCUT2D eigenvalue weighted by Gasteiger charge is 2.09. The van der Waals surface area contributed by atoms with Gasteiger partial charge in [0.15, 0.2) is 0 Å². The Hall–Kier alpha value is -1.63. The van der Waals surface area contributed by atoms with Gasteiger partial charge in [-0.1, -0.05) is 55.9 Å². The third kappa shape index (κ3) is 4.51. The third-order valence-electron chi connectivity index (χ3n) is 2.33. The third-order valence-corrected chi connectivity index (χ3v) is 3.97. The minimum atomic E-state index is -1.39. The molecule has 1 heterocycles. The molecule has 0 atom stereocenters. The lowest BCUT2D eigenvalue weighted by atomic mass is 10.1. The zero-order valence-corrected chi connectivity index (χ0v) is 13.3. The molecule has 96 valence electrons. The molecule has 3 heteroatoms. The number of thiophene rings is 1. The average molecular weight is 283 g/mol. The van der Waals surface area contributed by atoms with Gasteiger partial charge in [0.05, 0.1) is 0 Å². The Morgan fingerprint density at radius 3 is 2.37 bits per heavy atom. The second kappa shape index (κ2) is 6.01. The van der Waals surface area contributed by atoms with Crippen molar-refractivity contribution in [1.82, 2.24) is 0 Å². The topological polar surface area (TPSA) is 12.4 Å². The maximum atomic E-state index is 4.68. The molecule has 0 saturated carbocycles. The van der Waals surface area contributed by atoms with Crippen LogP contribution in [0.2, 0.25) is 19.6 Å². The van der Waals surface area contributed by atoms with Crippen molar-refractivity contribution in [3.63, 3.8) is 0 Å². The van der Waals surface area contributed by atoms with Crippen LogP contribution in [0.15, 0.2) is 52.8 Å². The first-order valence-electron chi connectivity index (χ1n) is 6.25. The van der Waals surface area contributed by atoms with Gasteiger partial charge >= 0.3 is 0 Å². The molecular weight excluding hydrogens is 266 g/mol. The van der Waals surface area contributed by atoms with Gasteiger partial charge in [-0.25, -0.2) is 4.99 Å². The second-order valence-corrected chi connectivity index (χ2v) is 11.0. The number of rotatable bonds is 2. The van der Waals surface area contributed by atoms with Crippen LogP contribution in [0.25, 0.3) is 0 Å². The standard InChI is InChI=1S/C16H17NSSi/c1-19(2,3)13-11-15(14-8-5-4-6-9-14)17-16-10-7-12-18-16/h4-10,12H,1-3H3/b17-15-. The Morgan fingerprint density at radius 2 is 1.79 bits per heavy atom. The van der Waals surface area contributed by atoms with Crippen molar-refractivity contribution < 1.29 is 0 Å². The first-order valence-corrected chi connectivity index (χ1v) is 10.6. The maximum Gasteiger partial charge on any atom is 0.129 e. The monoisotopic (exact) mass is 283 g/mol. The molecule has 0 unspecified atom stereocenters. The van der Waals surface area contributed by atoms with E-state index in [9.17, 15) is 0 Å². The summed E-state index contributed by atoms with van der Waals surface area (Å²) in [4.78, 5) is 4.68. The smallest absolute Gasteiger partial charge is 0.129 e. The summed E-state index contributed by atoms with van der Waals surface area (Å²) < 4.78 is 0. The van der Waals surface area contributed by atoms with Gasteiger partial charge in [-0.05, 0) is 17.5 Å². The molecule has 0 amide bonds. The summed E-state index contributed by atoms with van der Waals surface area (Å²) in [6.45, 7) is 6.73. The van der Waals surface area contributed by atoms with Crippen molar-refractivity contribution in [1.29, 1.82) is 0 Å². The number of nitrogens with zero attached hydrogens (tertiary/aromatic N) is 1. The lowest BCUT2D eigenvalue weighted by Gasteiger charge is -2.04. The highest BCUT2D eigenvalue weighted by atomic mass is 32.1. The van der Waals surface area contributed by atoms with E-state index in [1.54, 1.807) is 11.3 Å². The molecule has 2 aromatic rings. The lowest BCUT2D eigenvalue weighted by Crippen LogP contribution is -2.17. The zero-order chi connectivity index (χ0) is 13.7. The van der Waals surface area contributed by atoms with Crippen LogP contribution in [0.5, 0.6) is 0 Å². The molecule has 1 nitrogen and oxygen atoms in total. The zero-order valence-electron chi connectivity index (χ0n) is 11.5. The minimum Gasteiger partial charge on any atom is -0.228 e. The fourth-order valence-electron chi connectivity index (χ4n) is 1.45. The Balaban J connectivity index is 2.42. The van der Waals surface area contributed by atoms with Crippen LogP contribution in [0.1, 0.15) is 5.56 Å². The van der Waals surface area contributed by atoms with Crippen LogP contribution in [0.3, 0.4) is 0 Å². The summed E-state index contributed by atoms with van der Waals surface area (Å²) in [5, 5.41) is 3.04. The van der Waals surface area contributed by atoms with E-state index in [1.165, 1.54) is 0 Å². The van der Waals surface area contributed by atoms with Crippen molar-refractivity contribution in [3.8, 4) is 11.5 Å². The van der Waals surface area contributed by atoms with Gasteiger partial charge in [0.2, 0.25) is 0 Å². The maximum absolute atomic E-state index is 4.68. The molecule has 0 saturated heterocycles. The number of aliphatic imine (C=N–C) groups is 1. The predicted molar refractivity (Wildman–Crippen MR) is 88.1 cm³/mol. The molecule has 2 rings (SSSR count). The summed E-state index contributed by atoms with van der Waals surface area (Å²) in [5.41, 5.74) is 5.35. The SMILES string of the molecule is C[Si](C)(C)C#C/C(=N/c1cccs1)c1ccccc1. The highest BCUT2D eigenvalue weighted by Crippen LogP contribution is 2.20. The normalized spacial score (nSPS) is 11.8. The van der Waals surface area contributed by atoms with Gasteiger partial charge in [-0.15, -0.1) is 16.9 Å². The molecule has 0 fully saturated rings. The van der Waals surface area contributed by atoms with E-state index in [0.29, 0.717) is 0 Å². The van der Waals surface area contributed by atoms with Crippen molar-refractivity contribution in [3.05, 3.63) is 53.4 Å². The highest BCUT2D eigenvalue weighted by molar-refractivity contribution is 7.13. The number of hydrogen-bond donors (Lipinski definition) is 0. The average Bonchev–Trinajstić information content (AvgIpc) is 2.87. The van der Waals surface area contributed by atoms with Gasteiger partial charge < -0.3 is 0 Å². The van der Waals surface area contributed by atoms with Crippen LogP contribution in [-0.4, -0.2) is 13.8 Å². The second-order valence-electron chi connectivity index (χ2n) is 5.28. The van der Waals surface area contributed by atoms with Crippen molar-refractivity contribution in [2.45, 2.75) is 19.6 Å². The van der Waals surface area contributed by atoms with E-state index in [4.69, 9.17) is 0 Å². The van der Waals surface area contributed by atoms with Crippen molar-refractivity contribution in [2.24, 2.45) is 4.99 Å². The van der Waals surface area contributed by atoms with Gasteiger partial charge in [-0.3, -0.25) is 0 Å². The summed E-state index contributed by atoms with van der Waals surface area (Å²) in [6, 6.07) is 14.2. The molecule has 1 aromatic heterocycles. The summed E-state index contributed by atoms with van der Waals surface area (Å²) in [6.07, 6.45) is 0. The van der Waals surface area contributed by atoms with Crippen molar-refractivity contribution >= 4 is 30.1 Å². The summed E-state index contributed by atoms with van der Waals surface area (Å²) >= 11 is 1.64. The van der Waals surface area contributed by atoms with E-state index in [2.05, 4.69) is 48.2 Å². The molecule has 0 N–H and O–H groups in total. The van der Waals surface area contributed by atoms with Gasteiger partial charge in [0.1, 0.15) is 18.8 Å². The number of hydrogen-bond acceptors (Lipinski definition) is 2. The summed E-state index contributed by atoms with van der Waals surface area (Å²) in [5.74, 6) is 3.28. The largest absolute Gasteiger partial charge is 0.228 e. The quantitative estimate of drug-likeness (QED) is 0.428. The lowest BCUT2D eigenvalue weighted by molar-refractivity contribution is 1.58. The van der Waals surface area contributed by atoms with Crippen LogP contribution in [0, 0.1) is 11.5 Å². The first kappa shape index (κ1) is 13.8. The molecule has 0 bridgehead atoms. The van der Waals surface area contributed by atoms with E-state index >= 15 is 0 Å². The van der Waals surface area contributed by atoms with Crippen LogP contribution < -0.4 is 0 Å². The molecule has 0 aliphatic heterocycles. The molecule has 0 aliphatic carbocycles. The molecule has 0 aliphatic rings. The van der Waals surface area contributed by atoms with E-state index in [-0.39, 0.29) is 0 Å². The molecular formula is C16H17NSSi. The summed E-state index contributed by atoms with van der Waals surface area (Å²) in [7, 11) is -1.39. The Labute approximate surface area is 120 Å². The van der Waals surface area contributed by atoms with Gasteiger partial charge in [-0.2, -0.15) is 0 Å². The fourth-order valence-corrected chi connectivity index (χ4v) is 2.54. The Kier molecular flexibility index (Phi) is 4.36. The van der Waals surface area contributed by atoms with Crippen LogP contribution in [0.4, 0.5) is 5.00 Å². The van der Waals surface area contributed by atoms with Crippen LogP contribution in [-0.2, 0) is 0 Å². The first-order chi connectivity index (χ1) is 9.04. The van der Waals surface area contributed by atoms with E-state index in [1.807, 2.05) is 35.7 Å². The van der Waals surface area contributed by atoms with Crippen molar-refractivity contribution in [2.75, 3.05) is 0 Å². The molecule has 0 spiro atoms. The molecule has 1 aromatic carbocycles. The van der Waals surface area contributed by atoms with Gasteiger partial charge in [0, 0.05) is 5.56 Å². The fraction of sp³-hybridized carbons (Fsp3) is 0.188. The minimum absolute atomic E-state index is 0.866. The number of benzene rings is 1. The van der Waals surface area contributed by atoms with Gasteiger partial charge in [0.25, 0.3) is 0 Å². The Bertz CT molecular complexity index is 610. The van der Waals surface area contributed by atoms with E-state index in [0.717, 1.165) is 16.3 Å². The van der Waals surface area contributed by atoms with E-state index < -0.39 is 8.07 Å². The molecule has 19 heavy (non-hydrogen) atoms. The molecule has 0 radical (unpaired) electrons. The Morgan fingerprint density at radius 1 is 1.05 bits per heavy atom.